The predicted molar refractivity (Wildman–Crippen MR) is 101 cm³/mol. The topological polar surface area (TPSA) is 92.9 Å². The summed E-state index contributed by atoms with van der Waals surface area (Å²) in [5, 5.41) is 4.98. The van der Waals surface area contributed by atoms with E-state index < -0.39 is 11.2 Å². The van der Waals surface area contributed by atoms with Gasteiger partial charge in [0.05, 0.1) is 13.1 Å². The minimum Gasteiger partial charge on any atom is -0.383 e. The van der Waals surface area contributed by atoms with Crippen molar-refractivity contribution in [2.45, 2.75) is 13.1 Å². The maximum Gasteiger partial charge on any atom is 0.330 e. The van der Waals surface area contributed by atoms with Crippen molar-refractivity contribution in [1.29, 1.82) is 0 Å². The highest BCUT2D eigenvalue weighted by atomic mass is 79.9. The lowest BCUT2D eigenvalue weighted by Gasteiger charge is -2.14. The molecule has 0 spiro atoms. The standard InChI is InChI=1S/C16H15BrN4O2S/c17-11-6-7-24-12(11)8-19-13-14(18)21(16(23)20-15(13)22)9-10-4-2-1-3-5-10/h1-7,19H,8-9,18H2,(H,20,22,23). The van der Waals surface area contributed by atoms with Crippen LogP contribution in [0, 0.1) is 0 Å². The first-order valence-electron chi connectivity index (χ1n) is 7.18. The Balaban J connectivity index is 1.92. The van der Waals surface area contributed by atoms with Gasteiger partial charge < -0.3 is 11.1 Å². The van der Waals surface area contributed by atoms with Gasteiger partial charge in [-0.3, -0.25) is 14.3 Å². The fraction of sp³-hybridized carbons (Fsp3) is 0.125. The Kier molecular flexibility index (Phi) is 4.86. The van der Waals surface area contributed by atoms with Gasteiger partial charge in [0.25, 0.3) is 5.56 Å². The molecule has 4 N–H and O–H groups in total. The van der Waals surface area contributed by atoms with Gasteiger partial charge in [-0.2, -0.15) is 0 Å². The van der Waals surface area contributed by atoms with Crippen LogP contribution in [-0.2, 0) is 13.1 Å². The second kappa shape index (κ2) is 7.06. The normalized spacial score (nSPS) is 10.7. The molecule has 3 aromatic rings. The number of benzene rings is 1. The zero-order chi connectivity index (χ0) is 17.1. The van der Waals surface area contributed by atoms with Gasteiger partial charge in [0.2, 0.25) is 0 Å². The Labute approximate surface area is 150 Å². The van der Waals surface area contributed by atoms with E-state index in [4.69, 9.17) is 5.73 Å². The lowest BCUT2D eigenvalue weighted by atomic mass is 10.2. The molecule has 0 radical (unpaired) electrons. The second-order valence-electron chi connectivity index (χ2n) is 5.14. The number of aromatic amines is 1. The highest BCUT2D eigenvalue weighted by Gasteiger charge is 2.13. The summed E-state index contributed by atoms with van der Waals surface area (Å²) in [6, 6.07) is 11.4. The van der Waals surface area contributed by atoms with Crippen LogP contribution in [-0.4, -0.2) is 9.55 Å². The summed E-state index contributed by atoms with van der Waals surface area (Å²) in [6.07, 6.45) is 0. The van der Waals surface area contributed by atoms with Crippen molar-refractivity contribution in [3.63, 3.8) is 0 Å². The Morgan fingerprint density at radius 2 is 1.96 bits per heavy atom. The molecule has 2 heterocycles. The summed E-state index contributed by atoms with van der Waals surface area (Å²) in [5.74, 6) is 0.125. The number of hydrogen-bond acceptors (Lipinski definition) is 5. The van der Waals surface area contributed by atoms with Crippen molar-refractivity contribution in [3.8, 4) is 0 Å². The third kappa shape index (κ3) is 3.44. The zero-order valence-electron chi connectivity index (χ0n) is 12.6. The van der Waals surface area contributed by atoms with E-state index in [1.54, 1.807) is 11.3 Å². The maximum absolute atomic E-state index is 12.1. The van der Waals surface area contributed by atoms with Crippen LogP contribution < -0.4 is 22.3 Å². The van der Waals surface area contributed by atoms with Gasteiger partial charge in [0, 0.05) is 9.35 Å². The third-order valence-electron chi connectivity index (χ3n) is 3.54. The van der Waals surface area contributed by atoms with E-state index in [1.807, 2.05) is 41.8 Å². The number of hydrogen-bond donors (Lipinski definition) is 3. The largest absolute Gasteiger partial charge is 0.383 e. The predicted octanol–water partition coefficient (Wildman–Crippen LogP) is 2.60. The summed E-state index contributed by atoms with van der Waals surface area (Å²) >= 11 is 5.00. The molecule has 1 aromatic carbocycles. The molecule has 0 saturated carbocycles. The molecule has 0 atom stereocenters. The Morgan fingerprint density at radius 3 is 2.62 bits per heavy atom. The van der Waals surface area contributed by atoms with E-state index in [0.717, 1.165) is 14.9 Å². The van der Waals surface area contributed by atoms with Gasteiger partial charge >= 0.3 is 5.69 Å². The Bertz CT molecular complexity index is 962. The van der Waals surface area contributed by atoms with Gasteiger partial charge in [-0.15, -0.1) is 11.3 Å². The average Bonchev–Trinajstić information content (AvgIpc) is 2.97. The third-order valence-corrected chi connectivity index (χ3v) is 5.47. The van der Waals surface area contributed by atoms with E-state index in [9.17, 15) is 9.59 Å². The number of anilines is 2. The summed E-state index contributed by atoms with van der Waals surface area (Å²) in [5.41, 5.74) is 6.16. The van der Waals surface area contributed by atoms with E-state index in [2.05, 4.69) is 26.2 Å². The van der Waals surface area contributed by atoms with Crippen LogP contribution in [0.15, 0.2) is 55.8 Å². The molecule has 0 aliphatic heterocycles. The first-order chi connectivity index (χ1) is 11.6. The highest BCUT2D eigenvalue weighted by molar-refractivity contribution is 9.10. The molecular weight excluding hydrogens is 392 g/mol. The molecule has 0 bridgehead atoms. The molecule has 2 aromatic heterocycles. The molecule has 6 nitrogen and oxygen atoms in total. The van der Waals surface area contributed by atoms with Crippen LogP contribution in [0.1, 0.15) is 10.4 Å². The maximum atomic E-state index is 12.1. The molecule has 8 heteroatoms. The number of H-pyrrole nitrogens is 1. The Hall–Kier alpha value is -2.32. The van der Waals surface area contributed by atoms with E-state index in [1.165, 1.54) is 4.57 Å². The van der Waals surface area contributed by atoms with Crippen LogP contribution >= 0.6 is 27.3 Å². The van der Waals surface area contributed by atoms with Crippen molar-refractivity contribution in [3.05, 3.63) is 77.5 Å². The molecular formula is C16H15BrN4O2S. The Morgan fingerprint density at radius 1 is 1.21 bits per heavy atom. The SMILES string of the molecule is Nc1c(NCc2sccc2Br)c(=O)[nH]c(=O)n1Cc1ccccc1. The van der Waals surface area contributed by atoms with Crippen molar-refractivity contribution in [2.75, 3.05) is 11.1 Å². The van der Waals surface area contributed by atoms with Crippen LogP contribution in [0.25, 0.3) is 0 Å². The first kappa shape index (κ1) is 16.5. The number of halogens is 1. The van der Waals surface area contributed by atoms with Gasteiger partial charge in [-0.1, -0.05) is 30.3 Å². The van der Waals surface area contributed by atoms with Crippen molar-refractivity contribution in [2.24, 2.45) is 0 Å². The quantitative estimate of drug-likeness (QED) is 0.606. The summed E-state index contributed by atoms with van der Waals surface area (Å²) in [6.45, 7) is 0.731. The molecule has 0 aliphatic carbocycles. The van der Waals surface area contributed by atoms with Gasteiger partial charge in [0.1, 0.15) is 11.5 Å². The van der Waals surface area contributed by atoms with Crippen molar-refractivity contribution >= 4 is 38.8 Å². The average molecular weight is 407 g/mol. The van der Waals surface area contributed by atoms with Gasteiger partial charge in [-0.05, 0) is 32.9 Å². The smallest absolute Gasteiger partial charge is 0.330 e. The molecule has 0 amide bonds. The number of nitrogens with one attached hydrogen (secondary N) is 2. The van der Waals surface area contributed by atoms with E-state index in [-0.39, 0.29) is 11.5 Å². The number of aromatic nitrogens is 2. The van der Waals surface area contributed by atoms with Gasteiger partial charge in [-0.25, -0.2) is 4.79 Å². The van der Waals surface area contributed by atoms with Crippen molar-refractivity contribution in [1.82, 2.24) is 9.55 Å². The van der Waals surface area contributed by atoms with E-state index in [0.29, 0.717) is 13.1 Å². The first-order valence-corrected chi connectivity index (χ1v) is 8.86. The fourth-order valence-corrected chi connectivity index (χ4v) is 3.73. The number of nitrogens with zero attached hydrogens (tertiary/aromatic N) is 1. The minimum absolute atomic E-state index is 0.125. The summed E-state index contributed by atoms with van der Waals surface area (Å²) in [4.78, 5) is 27.5. The lowest BCUT2D eigenvalue weighted by Crippen LogP contribution is -2.34. The number of nitrogen functional groups attached to an aromatic ring is 1. The molecule has 24 heavy (non-hydrogen) atoms. The second-order valence-corrected chi connectivity index (χ2v) is 6.99. The molecule has 0 fully saturated rings. The highest BCUT2D eigenvalue weighted by Crippen LogP contribution is 2.24. The van der Waals surface area contributed by atoms with E-state index >= 15 is 0 Å². The summed E-state index contributed by atoms with van der Waals surface area (Å²) < 4.78 is 2.32. The number of rotatable bonds is 5. The summed E-state index contributed by atoms with van der Waals surface area (Å²) in [7, 11) is 0. The number of thiophene rings is 1. The monoisotopic (exact) mass is 406 g/mol. The number of nitrogens with two attached hydrogens (primary N) is 1. The van der Waals surface area contributed by atoms with Crippen LogP contribution in [0.3, 0.4) is 0 Å². The molecule has 0 aliphatic rings. The fourth-order valence-electron chi connectivity index (χ4n) is 2.30. The van der Waals surface area contributed by atoms with Crippen LogP contribution in [0.2, 0.25) is 0 Å². The van der Waals surface area contributed by atoms with Crippen LogP contribution in [0.5, 0.6) is 0 Å². The zero-order valence-corrected chi connectivity index (χ0v) is 15.0. The minimum atomic E-state index is -0.524. The van der Waals surface area contributed by atoms with Gasteiger partial charge in [0.15, 0.2) is 0 Å². The molecule has 0 saturated heterocycles. The van der Waals surface area contributed by atoms with Crippen LogP contribution in [0.4, 0.5) is 11.5 Å². The lowest BCUT2D eigenvalue weighted by molar-refractivity contribution is 0.733. The van der Waals surface area contributed by atoms with Crippen molar-refractivity contribution < 1.29 is 0 Å². The molecule has 124 valence electrons. The molecule has 3 rings (SSSR count). The molecule has 0 unspecified atom stereocenters.